The molecule has 0 bridgehead atoms. The van der Waals surface area contributed by atoms with Crippen LogP contribution in [0.15, 0.2) is 18.3 Å². The van der Waals surface area contributed by atoms with Crippen molar-refractivity contribution in [2.75, 3.05) is 31.7 Å². The van der Waals surface area contributed by atoms with E-state index in [1.165, 1.54) is 12.8 Å². The number of ether oxygens (including phenoxy) is 1. The van der Waals surface area contributed by atoms with Crippen LogP contribution < -0.4 is 10.6 Å². The van der Waals surface area contributed by atoms with Crippen LogP contribution in [0.1, 0.15) is 31.4 Å². The zero-order chi connectivity index (χ0) is 13.0. The van der Waals surface area contributed by atoms with E-state index in [1.807, 2.05) is 19.2 Å². The molecule has 0 radical (unpaired) electrons. The Morgan fingerprint density at radius 2 is 2.22 bits per heavy atom. The topological polar surface area (TPSA) is 51.4 Å². The quantitative estimate of drug-likeness (QED) is 0.886. The second kappa shape index (κ2) is 6.16. The van der Waals surface area contributed by atoms with Crippen LogP contribution in [0.3, 0.4) is 0 Å². The molecule has 2 N–H and O–H groups in total. The fourth-order valence-electron chi connectivity index (χ4n) is 2.45. The lowest BCUT2D eigenvalue weighted by Gasteiger charge is -2.32. The molecule has 0 aromatic carbocycles. The second-order valence-corrected chi connectivity index (χ2v) is 5.12. The number of aromatic nitrogens is 1. The average Bonchev–Trinajstić information content (AvgIpc) is 2.40. The molecule has 1 atom stereocenters. The van der Waals surface area contributed by atoms with Gasteiger partial charge in [-0.2, -0.15) is 0 Å². The summed E-state index contributed by atoms with van der Waals surface area (Å²) in [6.45, 7) is 5.00. The van der Waals surface area contributed by atoms with Gasteiger partial charge >= 0.3 is 0 Å². The maximum Gasteiger partial charge on any atom is 0.128 e. The van der Waals surface area contributed by atoms with Gasteiger partial charge in [0.05, 0.1) is 0 Å². The number of hydrogen-bond donors (Lipinski definition) is 1. The van der Waals surface area contributed by atoms with Gasteiger partial charge in [0.2, 0.25) is 0 Å². The summed E-state index contributed by atoms with van der Waals surface area (Å²) in [6.07, 6.45) is 4.21. The third kappa shape index (κ3) is 3.21. The first-order chi connectivity index (χ1) is 8.70. The summed E-state index contributed by atoms with van der Waals surface area (Å²) < 4.78 is 5.22. The highest BCUT2D eigenvalue weighted by molar-refractivity contribution is 5.42. The maximum atomic E-state index is 5.91. The lowest BCUT2D eigenvalue weighted by molar-refractivity contribution is 0.139. The fraction of sp³-hybridized carbons (Fsp3) is 0.643. The van der Waals surface area contributed by atoms with Crippen LogP contribution in [0.4, 0.5) is 5.82 Å². The minimum absolute atomic E-state index is 0.0674. The first kappa shape index (κ1) is 13.3. The molecule has 0 aliphatic carbocycles. The van der Waals surface area contributed by atoms with Crippen molar-refractivity contribution in [3.05, 3.63) is 23.9 Å². The first-order valence-corrected chi connectivity index (χ1v) is 6.66. The minimum Gasteiger partial charge on any atom is -0.384 e. The van der Waals surface area contributed by atoms with Crippen LogP contribution in [0.25, 0.3) is 0 Å². The zero-order valence-corrected chi connectivity index (χ0v) is 11.3. The zero-order valence-electron chi connectivity index (χ0n) is 11.3. The predicted molar refractivity (Wildman–Crippen MR) is 73.7 cm³/mol. The molecule has 1 aromatic rings. The number of piperidine rings is 1. The Hall–Kier alpha value is -1.13. The summed E-state index contributed by atoms with van der Waals surface area (Å²) in [7, 11) is 1.78. The van der Waals surface area contributed by atoms with E-state index >= 15 is 0 Å². The molecule has 0 unspecified atom stereocenters. The van der Waals surface area contributed by atoms with Crippen molar-refractivity contribution in [3.63, 3.8) is 0 Å². The molecular weight excluding hydrogens is 226 g/mol. The first-order valence-electron chi connectivity index (χ1n) is 6.66. The number of nitrogens with two attached hydrogens (primary N) is 1. The smallest absolute Gasteiger partial charge is 0.128 e. The van der Waals surface area contributed by atoms with Gasteiger partial charge in [0.15, 0.2) is 0 Å². The van der Waals surface area contributed by atoms with E-state index in [2.05, 4.69) is 16.0 Å². The lowest BCUT2D eigenvalue weighted by Crippen LogP contribution is -2.35. The van der Waals surface area contributed by atoms with Crippen molar-refractivity contribution in [3.8, 4) is 0 Å². The van der Waals surface area contributed by atoms with Gasteiger partial charge in [0, 0.05) is 39.0 Å². The van der Waals surface area contributed by atoms with Crippen LogP contribution in [-0.4, -0.2) is 31.8 Å². The predicted octanol–water partition coefficient (Wildman–Crippen LogP) is 1.96. The number of nitrogens with zero attached hydrogens (tertiary/aromatic N) is 2. The van der Waals surface area contributed by atoms with Crippen molar-refractivity contribution < 1.29 is 4.74 Å². The van der Waals surface area contributed by atoms with E-state index in [9.17, 15) is 0 Å². The van der Waals surface area contributed by atoms with Gasteiger partial charge < -0.3 is 15.4 Å². The molecule has 100 valence electrons. The molecule has 0 saturated carbocycles. The Balaban J connectivity index is 1.98. The van der Waals surface area contributed by atoms with E-state index in [-0.39, 0.29) is 6.04 Å². The van der Waals surface area contributed by atoms with Crippen LogP contribution in [0, 0.1) is 5.92 Å². The summed E-state index contributed by atoms with van der Waals surface area (Å²) in [5, 5.41) is 0. The Bertz CT molecular complexity index is 373. The molecule has 0 spiro atoms. The molecule has 1 aliphatic heterocycles. The summed E-state index contributed by atoms with van der Waals surface area (Å²) >= 11 is 0. The fourth-order valence-corrected chi connectivity index (χ4v) is 2.45. The number of pyridine rings is 1. The van der Waals surface area contributed by atoms with E-state index in [0.29, 0.717) is 5.92 Å². The van der Waals surface area contributed by atoms with Gasteiger partial charge in [-0.25, -0.2) is 4.98 Å². The number of methoxy groups -OCH3 is 1. The monoisotopic (exact) mass is 249 g/mol. The van der Waals surface area contributed by atoms with Gasteiger partial charge in [0.1, 0.15) is 5.82 Å². The highest BCUT2D eigenvalue weighted by Crippen LogP contribution is 2.23. The molecular formula is C14H23N3O. The molecule has 1 aliphatic rings. The molecule has 2 rings (SSSR count). The van der Waals surface area contributed by atoms with Gasteiger partial charge in [-0.1, -0.05) is 0 Å². The van der Waals surface area contributed by atoms with Gasteiger partial charge in [-0.15, -0.1) is 0 Å². The van der Waals surface area contributed by atoms with Gasteiger partial charge in [-0.3, -0.25) is 0 Å². The summed E-state index contributed by atoms with van der Waals surface area (Å²) in [4.78, 5) is 6.80. The van der Waals surface area contributed by atoms with Gasteiger partial charge in [0.25, 0.3) is 0 Å². The van der Waals surface area contributed by atoms with Gasteiger partial charge in [-0.05, 0) is 43.4 Å². The van der Waals surface area contributed by atoms with Crippen LogP contribution in [0.5, 0.6) is 0 Å². The van der Waals surface area contributed by atoms with Crippen molar-refractivity contribution in [1.82, 2.24) is 4.98 Å². The third-order valence-electron chi connectivity index (χ3n) is 3.64. The Labute approximate surface area is 109 Å². The molecule has 0 amide bonds. The van der Waals surface area contributed by atoms with Crippen LogP contribution in [-0.2, 0) is 4.74 Å². The number of hydrogen-bond acceptors (Lipinski definition) is 4. The lowest BCUT2D eigenvalue weighted by atomic mass is 9.97. The van der Waals surface area contributed by atoms with Crippen molar-refractivity contribution in [2.45, 2.75) is 25.8 Å². The second-order valence-electron chi connectivity index (χ2n) is 5.12. The van der Waals surface area contributed by atoms with Crippen molar-refractivity contribution in [2.24, 2.45) is 11.7 Å². The van der Waals surface area contributed by atoms with E-state index < -0.39 is 0 Å². The maximum absolute atomic E-state index is 5.91. The van der Waals surface area contributed by atoms with E-state index in [1.54, 1.807) is 7.11 Å². The molecule has 1 aromatic heterocycles. The number of anilines is 1. The summed E-state index contributed by atoms with van der Waals surface area (Å²) in [5.74, 6) is 1.75. The molecule has 1 fully saturated rings. The molecule has 1 saturated heterocycles. The van der Waals surface area contributed by atoms with Crippen molar-refractivity contribution in [1.29, 1.82) is 0 Å². The SMILES string of the molecule is COCC1CCN(c2cc([C@H](C)N)ccn2)CC1. The Kier molecular flexibility index (Phi) is 4.55. The Morgan fingerprint density at radius 3 is 2.83 bits per heavy atom. The highest BCUT2D eigenvalue weighted by atomic mass is 16.5. The Morgan fingerprint density at radius 1 is 1.50 bits per heavy atom. The minimum atomic E-state index is 0.0674. The standard InChI is InChI=1S/C14H23N3O/c1-11(15)13-3-6-16-14(9-13)17-7-4-12(5-8-17)10-18-2/h3,6,9,11-12H,4-5,7-8,10,15H2,1-2H3/t11-/m0/s1. The molecule has 4 heteroatoms. The molecule has 2 heterocycles. The third-order valence-corrected chi connectivity index (χ3v) is 3.64. The van der Waals surface area contributed by atoms with Crippen LogP contribution >= 0.6 is 0 Å². The van der Waals surface area contributed by atoms with Crippen molar-refractivity contribution >= 4 is 5.82 Å². The number of rotatable bonds is 4. The summed E-state index contributed by atoms with van der Waals surface area (Å²) in [5.41, 5.74) is 7.06. The highest BCUT2D eigenvalue weighted by Gasteiger charge is 2.20. The largest absolute Gasteiger partial charge is 0.384 e. The molecule has 18 heavy (non-hydrogen) atoms. The van der Waals surface area contributed by atoms with E-state index in [4.69, 9.17) is 10.5 Å². The van der Waals surface area contributed by atoms with E-state index in [0.717, 1.165) is 31.1 Å². The molecule has 4 nitrogen and oxygen atoms in total. The summed E-state index contributed by atoms with van der Waals surface area (Å²) in [6, 6.07) is 4.17. The average molecular weight is 249 g/mol. The normalized spacial score (nSPS) is 18.9. The van der Waals surface area contributed by atoms with Crippen LogP contribution in [0.2, 0.25) is 0 Å².